The summed E-state index contributed by atoms with van der Waals surface area (Å²) in [4.78, 5) is 14.4. The fourth-order valence-corrected chi connectivity index (χ4v) is 4.09. The number of piperidine rings is 1. The van der Waals surface area contributed by atoms with Crippen molar-refractivity contribution in [2.75, 3.05) is 26.2 Å². The van der Waals surface area contributed by atoms with Crippen molar-refractivity contribution in [2.24, 2.45) is 17.8 Å². The van der Waals surface area contributed by atoms with E-state index < -0.39 is 0 Å². The van der Waals surface area contributed by atoms with E-state index in [0.717, 1.165) is 50.2 Å². The van der Waals surface area contributed by atoms with Crippen molar-refractivity contribution >= 4 is 5.91 Å². The van der Waals surface area contributed by atoms with Crippen LogP contribution in [0.4, 0.5) is 0 Å². The van der Waals surface area contributed by atoms with Gasteiger partial charge in [-0.1, -0.05) is 6.42 Å². The van der Waals surface area contributed by atoms with Gasteiger partial charge < -0.3 is 10.2 Å². The Hall–Kier alpha value is -0.570. The largest absolute Gasteiger partial charge is 0.342 e. The molecule has 2 aliphatic heterocycles. The van der Waals surface area contributed by atoms with Gasteiger partial charge in [0.1, 0.15) is 0 Å². The van der Waals surface area contributed by atoms with Crippen LogP contribution in [0, 0.1) is 17.8 Å². The fraction of sp³-hybridized carbons (Fsp3) is 0.933. The normalized spacial score (nSPS) is 35.8. The summed E-state index contributed by atoms with van der Waals surface area (Å²) in [5.41, 5.74) is 0. The summed E-state index contributed by atoms with van der Waals surface area (Å²) in [6.45, 7) is 4.41. The number of nitrogens with one attached hydrogen (secondary N) is 1. The minimum Gasteiger partial charge on any atom is -0.342 e. The fourth-order valence-electron chi connectivity index (χ4n) is 4.09. The van der Waals surface area contributed by atoms with Crippen LogP contribution in [0.1, 0.15) is 44.9 Å². The van der Waals surface area contributed by atoms with E-state index in [1.165, 1.54) is 38.6 Å². The van der Waals surface area contributed by atoms with Crippen LogP contribution < -0.4 is 5.32 Å². The van der Waals surface area contributed by atoms with Gasteiger partial charge in [0.15, 0.2) is 0 Å². The average Bonchev–Trinajstić information content (AvgIpc) is 2.98. The lowest BCUT2D eigenvalue weighted by Gasteiger charge is -2.24. The van der Waals surface area contributed by atoms with Crippen LogP contribution >= 0.6 is 0 Å². The molecular formula is C15H26N2O. The quantitative estimate of drug-likeness (QED) is 0.831. The van der Waals surface area contributed by atoms with Crippen molar-refractivity contribution in [3.8, 4) is 0 Å². The molecule has 3 rings (SSSR count). The van der Waals surface area contributed by atoms with Gasteiger partial charge in [-0.25, -0.2) is 0 Å². The first kappa shape index (κ1) is 12.5. The van der Waals surface area contributed by atoms with Crippen LogP contribution in [0.2, 0.25) is 0 Å². The van der Waals surface area contributed by atoms with Crippen LogP contribution in [-0.4, -0.2) is 37.0 Å². The predicted molar refractivity (Wildman–Crippen MR) is 72.2 cm³/mol. The summed E-state index contributed by atoms with van der Waals surface area (Å²) in [5, 5.41) is 3.44. The first-order chi connectivity index (χ1) is 8.83. The van der Waals surface area contributed by atoms with E-state index in [1.807, 2.05) is 0 Å². The Labute approximate surface area is 110 Å². The maximum Gasteiger partial charge on any atom is 0.222 e. The first-order valence-corrected chi connectivity index (χ1v) is 7.81. The van der Waals surface area contributed by atoms with Gasteiger partial charge >= 0.3 is 0 Å². The standard InChI is InChI=1S/C15H26N2O/c18-15(7-6-12-3-2-8-16-9-12)17-10-13-4-1-5-14(13)11-17/h12-14,16H,1-11H2. The molecule has 0 bridgehead atoms. The van der Waals surface area contributed by atoms with Gasteiger partial charge in [-0.3, -0.25) is 4.79 Å². The Balaban J connectivity index is 1.41. The van der Waals surface area contributed by atoms with Crippen molar-refractivity contribution in [3.05, 3.63) is 0 Å². The van der Waals surface area contributed by atoms with Crippen LogP contribution in [0.25, 0.3) is 0 Å². The molecule has 2 heterocycles. The van der Waals surface area contributed by atoms with Gasteiger partial charge in [-0.15, -0.1) is 0 Å². The summed E-state index contributed by atoms with van der Waals surface area (Å²) in [6, 6.07) is 0. The second-order valence-corrected chi connectivity index (χ2v) is 6.50. The highest BCUT2D eigenvalue weighted by molar-refractivity contribution is 5.76. The highest BCUT2D eigenvalue weighted by Gasteiger charge is 2.37. The number of fused-ring (bicyclic) bond motifs is 1. The number of amides is 1. The highest BCUT2D eigenvalue weighted by Crippen LogP contribution is 2.38. The van der Waals surface area contributed by atoms with Crippen molar-refractivity contribution < 1.29 is 4.79 Å². The molecule has 0 radical (unpaired) electrons. The van der Waals surface area contributed by atoms with Crippen molar-refractivity contribution in [1.82, 2.24) is 10.2 Å². The second kappa shape index (κ2) is 5.60. The molecule has 3 atom stereocenters. The number of carbonyl (C=O) groups is 1. The third kappa shape index (κ3) is 2.71. The first-order valence-electron chi connectivity index (χ1n) is 7.81. The Morgan fingerprint density at radius 1 is 1.11 bits per heavy atom. The Morgan fingerprint density at radius 3 is 2.56 bits per heavy atom. The minimum absolute atomic E-state index is 0.426. The Kier molecular flexibility index (Phi) is 3.88. The summed E-state index contributed by atoms with van der Waals surface area (Å²) < 4.78 is 0. The minimum atomic E-state index is 0.426. The highest BCUT2D eigenvalue weighted by atomic mass is 16.2. The molecule has 1 N–H and O–H groups in total. The van der Waals surface area contributed by atoms with E-state index in [4.69, 9.17) is 0 Å². The number of likely N-dealkylation sites (tertiary alicyclic amines) is 1. The average molecular weight is 250 g/mol. The van der Waals surface area contributed by atoms with Crippen LogP contribution in [0.15, 0.2) is 0 Å². The maximum atomic E-state index is 12.2. The van der Waals surface area contributed by atoms with E-state index in [2.05, 4.69) is 10.2 Å². The number of hydrogen-bond acceptors (Lipinski definition) is 2. The van der Waals surface area contributed by atoms with Crippen molar-refractivity contribution in [1.29, 1.82) is 0 Å². The zero-order valence-corrected chi connectivity index (χ0v) is 11.4. The second-order valence-electron chi connectivity index (χ2n) is 6.50. The molecule has 3 fully saturated rings. The Morgan fingerprint density at radius 2 is 1.89 bits per heavy atom. The molecule has 2 saturated heterocycles. The van der Waals surface area contributed by atoms with E-state index in [0.29, 0.717) is 5.91 Å². The van der Waals surface area contributed by atoms with Gasteiger partial charge in [-0.2, -0.15) is 0 Å². The zero-order chi connectivity index (χ0) is 12.4. The summed E-state index contributed by atoms with van der Waals surface area (Å²) in [6.07, 6.45) is 8.59. The molecule has 0 aromatic carbocycles. The molecule has 3 nitrogen and oxygen atoms in total. The monoisotopic (exact) mass is 250 g/mol. The van der Waals surface area contributed by atoms with E-state index >= 15 is 0 Å². The molecule has 18 heavy (non-hydrogen) atoms. The van der Waals surface area contributed by atoms with Gasteiger partial charge in [0.05, 0.1) is 0 Å². The van der Waals surface area contributed by atoms with Crippen LogP contribution in [0.3, 0.4) is 0 Å². The SMILES string of the molecule is O=C(CCC1CCCNC1)N1CC2CCCC2C1. The molecule has 0 spiro atoms. The lowest BCUT2D eigenvalue weighted by Crippen LogP contribution is -2.33. The Bertz CT molecular complexity index is 287. The molecule has 1 aliphatic carbocycles. The number of carbonyl (C=O) groups excluding carboxylic acids is 1. The topological polar surface area (TPSA) is 32.3 Å². The van der Waals surface area contributed by atoms with Crippen LogP contribution in [0.5, 0.6) is 0 Å². The predicted octanol–water partition coefficient (Wildman–Crippen LogP) is 2.02. The summed E-state index contributed by atoms with van der Waals surface area (Å²) in [5.74, 6) is 2.84. The molecular weight excluding hydrogens is 224 g/mol. The van der Waals surface area contributed by atoms with Crippen molar-refractivity contribution in [2.45, 2.75) is 44.9 Å². The summed E-state index contributed by atoms with van der Waals surface area (Å²) >= 11 is 0. The molecule has 3 heteroatoms. The smallest absolute Gasteiger partial charge is 0.222 e. The lowest BCUT2D eigenvalue weighted by molar-refractivity contribution is -0.130. The molecule has 3 aliphatic rings. The van der Waals surface area contributed by atoms with Crippen molar-refractivity contribution in [3.63, 3.8) is 0 Å². The maximum absolute atomic E-state index is 12.2. The number of hydrogen-bond donors (Lipinski definition) is 1. The number of rotatable bonds is 3. The number of nitrogens with zero attached hydrogens (tertiary/aromatic N) is 1. The van der Waals surface area contributed by atoms with Gasteiger partial charge in [0.25, 0.3) is 0 Å². The third-order valence-electron chi connectivity index (χ3n) is 5.24. The third-order valence-corrected chi connectivity index (χ3v) is 5.24. The van der Waals surface area contributed by atoms with E-state index in [-0.39, 0.29) is 0 Å². The molecule has 3 unspecified atom stereocenters. The van der Waals surface area contributed by atoms with Crippen LogP contribution in [-0.2, 0) is 4.79 Å². The molecule has 0 aromatic rings. The zero-order valence-electron chi connectivity index (χ0n) is 11.4. The molecule has 0 aromatic heterocycles. The van der Waals surface area contributed by atoms with Gasteiger partial charge in [-0.05, 0) is 62.9 Å². The molecule has 1 amide bonds. The summed E-state index contributed by atoms with van der Waals surface area (Å²) in [7, 11) is 0. The van der Waals surface area contributed by atoms with Gasteiger partial charge in [0, 0.05) is 19.5 Å². The van der Waals surface area contributed by atoms with Gasteiger partial charge in [0.2, 0.25) is 5.91 Å². The molecule has 102 valence electrons. The lowest BCUT2D eigenvalue weighted by atomic mass is 9.94. The molecule has 1 saturated carbocycles. The van der Waals surface area contributed by atoms with E-state index in [9.17, 15) is 4.79 Å². The van der Waals surface area contributed by atoms with E-state index in [1.54, 1.807) is 0 Å².